The van der Waals surface area contributed by atoms with Crippen LogP contribution < -0.4 is 9.47 Å². The zero-order valence-corrected chi connectivity index (χ0v) is 14.4. The van der Waals surface area contributed by atoms with Crippen molar-refractivity contribution in [1.82, 2.24) is 15.0 Å². The lowest BCUT2D eigenvalue weighted by Crippen LogP contribution is -2.03. The predicted octanol–water partition coefficient (Wildman–Crippen LogP) is 3.04. The summed E-state index contributed by atoms with van der Waals surface area (Å²) >= 11 is 6.84. The van der Waals surface area contributed by atoms with Crippen molar-refractivity contribution in [2.75, 3.05) is 19.5 Å². The number of methoxy groups -OCH3 is 2. The number of halogens is 2. The second-order valence-electron chi connectivity index (χ2n) is 4.15. The number of alkyl halides is 1. The molecule has 0 unspecified atom stereocenters. The zero-order chi connectivity index (χ0) is 14.5. The first-order valence-electron chi connectivity index (χ1n) is 6.03. The van der Waals surface area contributed by atoms with E-state index in [0.29, 0.717) is 6.54 Å². The Morgan fingerprint density at radius 1 is 1.20 bits per heavy atom. The number of aromatic nitrogens is 3. The summed E-state index contributed by atoms with van der Waals surface area (Å²) < 4.78 is 13.4. The van der Waals surface area contributed by atoms with Crippen molar-refractivity contribution >= 4 is 31.9 Å². The summed E-state index contributed by atoms with van der Waals surface area (Å²) in [5, 5.41) is 9.12. The van der Waals surface area contributed by atoms with Crippen LogP contribution in [-0.2, 0) is 13.0 Å². The Morgan fingerprint density at radius 3 is 2.60 bits per heavy atom. The highest BCUT2D eigenvalue weighted by Gasteiger charge is 2.11. The standard InChI is InChI=1S/C13H15Br2N3O2/c1-19-12-6-11(15)13(20-2)5-9(12)7-18-8-10(3-4-14)16-17-18/h5-6,8H,3-4,7H2,1-2H3. The quantitative estimate of drug-likeness (QED) is 0.694. The second-order valence-corrected chi connectivity index (χ2v) is 5.79. The van der Waals surface area contributed by atoms with E-state index < -0.39 is 0 Å². The highest BCUT2D eigenvalue weighted by atomic mass is 79.9. The molecule has 0 amide bonds. The van der Waals surface area contributed by atoms with Gasteiger partial charge in [0.15, 0.2) is 0 Å². The molecule has 0 radical (unpaired) electrons. The van der Waals surface area contributed by atoms with Crippen LogP contribution in [0.5, 0.6) is 11.5 Å². The molecular formula is C13H15Br2N3O2. The maximum Gasteiger partial charge on any atom is 0.133 e. The van der Waals surface area contributed by atoms with E-state index >= 15 is 0 Å². The molecule has 20 heavy (non-hydrogen) atoms. The molecule has 7 heteroatoms. The first-order valence-corrected chi connectivity index (χ1v) is 7.94. The summed E-state index contributed by atoms with van der Waals surface area (Å²) in [7, 11) is 3.29. The van der Waals surface area contributed by atoms with Crippen LogP contribution in [-0.4, -0.2) is 34.5 Å². The molecule has 2 aromatic rings. The molecule has 5 nitrogen and oxygen atoms in total. The number of hydrogen-bond donors (Lipinski definition) is 0. The van der Waals surface area contributed by atoms with Crippen LogP contribution in [0.2, 0.25) is 0 Å². The van der Waals surface area contributed by atoms with Crippen LogP contribution in [0.4, 0.5) is 0 Å². The summed E-state index contributed by atoms with van der Waals surface area (Å²) in [5.41, 5.74) is 1.95. The van der Waals surface area contributed by atoms with E-state index in [1.54, 1.807) is 18.9 Å². The third-order valence-electron chi connectivity index (χ3n) is 2.82. The van der Waals surface area contributed by atoms with Gasteiger partial charge in [0.1, 0.15) is 11.5 Å². The lowest BCUT2D eigenvalue weighted by atomic mass is 10.2. The zero-order valence-electron chi connectivity index (χ0n) is 11.3. The minimum atomic E-state index is 0.585. The van der Waals surface area contributed by atoms with Gasteiger partial charge in [-0.15, -0.1) is 5.10 Å². The first-order chi connectivity index (χ1) is 9.67. The van der Waals surface area contributed by atoms with E-state index in [1.165, 1.54) is 0 Å². The van der Waals surface area contributed by atoms with Crippen LogP contribution in [0.3, 0.4) is 0 Å². The minimum Gasteiger partial charge on any atom is -0.496 e. The van der Waals surface area contributed by atoms with E-state index in [1.807, 2.05) is 18.3 Å². The maximum absolute atomic E-state index is 5.40. The van der Waals surface area contributed by atoms with Gasteiger partial charge in [0, 0.05) is 23.5 Å². The molecule has 0 saturated carbocycles. The molecule has 0 aliphatic rings. The van der Waals surface area contributed by atoms with Crippen LogP contribution in [0, 0.1) is 0 Å². The SMILES string of the molecule is COc1cc(Cn2cc(CCBr)nn2)c(OC)cc1Br. The van der Waals surface area contributed by atoms with Crippen molar-refractivity contribution in [3.63, 3.8) is 0 Å². The molecule has 0 aliphatic heterocycles. The molecule has 1 aromatic heterocycles. The maximum atomic E-state index is 5.40. The van der Waals surface area contributed by atoms with Crippen molar-refractivity contribution in [2.24, 2.45) is 0 Å². The van der Waals surface area contributed by atoms with Crippen molar-refractivity contribution in [3.05, 3.63) is 34.1 Å². The monoisotopic (exact) mass is 403 g/mol. The Bertz CT molecular complexity index is 587. The van der Waals surface area contributed by atoms with Crippen molar-refractivity contribution in [2.45, 2.75) is 13.0 Å². The Morgan fingerprint density at radius 2 is 1.95 bits per heavy atom. The number of ether oxygens (including phenoxy) is 2. The van der Waals surface area contributed by atoms with E-state index in [-0.39, 0.29) is 0 Å². The first kappa shape index (κ1) is 15.3. The fraction of sp³-hybridized carbons (Fsp3) is 0.385. The largest absolute Gasteiger partial charge is 0.496 e. The van der Waals surface area contributed by atoms with Gasteiger partial charge in [0.05, 0.1) is 30.9 Å². The fourth-order valence-corrected chi connectivity index (χ4v) is 2.74. The average Bonchev–Trinajstić information content (AvgIpc) is 2.88. The molecular weight excluding hydrogens is 390 g/mol. The molecule has 0 atom stereocenters. The van der Waals surface area contributed by atoms with Gasteiger partial charge >= 0.3 is 0 Å². The predicted molar refractivity (Wildman–Crippen MR) is 83.9 cm³/mol. The number of hydrogen-bond acceptors (Lipinski definition) is 4. The molecule has 1 heterocycles. The fourth-order valence-electron chi connectivity index (χ4n) is 1.85. The average molecular weight is 405 g/mol. The Balaban J connectivity index is 2.26. The Labute approximate surface area is 134 Å². The third kappa shape index (κ3) is 3.52. The second kappa shape index (κ2) is 7.08. The molecule has 0 fully saturated rings. The number of rotatable bonds is 6. The minimum absolute atomic E-state index is 0.585. The van der Waals surface area contributed by atoms with Gasteiger partial charge in [-0.2, -0.15) is 0 Å². The van der Waals surface area contributed by atoms with Gasteiger partial charge in [-0.1, -0.05) is 21.1 Å². The number of aryl methyl sites for hydroxylation is 1. The van der Waals surface area contributed by atoms with Crippen LogP contribution >= 0.6 is 31.9 Å². The summed E-state index contributed by atoms with van der Waals surface area (Å²) in [4.78, 5) is 0. The lowest BCUT2D eigenvalue weighted by molar-refractivity contribution is 0.394. The van der Waals surface area contributed by atoms with Gasteiger partial charge in [-0.05, 0) is 28.1 Å². The third-order valence-corrected chi connectivity index (χ3v) is 3.84. The van der Waals surface area contributed by atoms with Gasteiger partial charge in [-0.3, -0.25) is 0 Å². The number of nitrogens with zero attached hydrogens (tertiary/aromatic N) is 3. The summed E-state index contributed by atoms with van der Waals surface area (Å²) in [6.07, 6.45) is 2.80. The highest BCUT2D eigenvalue weighted by molar-refractivity contribution is 9.10. The molecule has 1 aromatic carbocycles. The summed E-state index contributed by atoms with van der Waals surface area (Å²) in [6.45, 7) is 0.585. The summed E-state index contributed by atoms with van der Waals surface area (Å²) in [6, 6.07) is 3.83. The van der Waals surface area contributed by atoms with Crippen LogP contribution in [0.15, 0.2) is 22.8 Å². The molecule has 2 rings (SSSR count). The van der Waals surface area contributed by atoms with Crippen LogP contribution in [0.1, 0.15) is 11.3 Å². The van der Waals surface area contributed by atoms with Crippen LogP contribution in [0.25, 0.3) is 0 Å². The smallest absolute Gasteiger partial charge is 0.133 e. The van der Waals surface area contributed by atoms with Gasteiger partial charge in [-0.25, -0.2) is 4.68 Å². The summed E-state index contributed by atoms with van der Waals surface area (Å²) in [5.74, 6) is 1.55. The van der Waals surface area contributed by atoms with E-state index in [0.717, 1.165) is 39.0 Å². The van der Waals surface area contributed by atoms with E-state index in [4.69, 9.17) is 9.47 Å². The molecule has 0 spiro atoms. The molecule has 108 valence electrons. The van der Waals surface area contributed by atoms with Crippen molar-refractivity contribution in [3.8, 4) is 11.5 Å². The molecule has 0 saturated heterocycles. The van der Waals surface area contributed by atoms with Gasteiger partial charge in [0.25, 0.3) is 0 Å². The highest BCUT2D eigenvalue weighted by Crippen LogP contribution is 2.33. The topological polar surface area (TPSA) is 49.2 Å². The van der Waals surface area contributed by atoms with Crippen molar-refractivity contribution < 1.29 is 9.47 Å². The Hall–Kier alpha value is -1.08. The van der Waals surface area contributed by atoms with Crippen molar-refractivity contribution in [1.29, 1.82) is 0 Å². The van der Waals surface area contributed by atoms with Gasteiger partial charge in [0.2, 0.25) is 0 Å². The van der Waals surface area contributed by atoms with E-state index in [2.05, 4.69) is 42.2 Å². The molecule has 0 N–H and O–H groups in total. The Kier molecular flexibility index (Phi) is 5.42. The molecule has 0 bridgehead atoms. The van der Waals surface area contributed by atoms with Gasteiger partial charge < -0.3 is 9.47 Å². The molecule has 0 aliphatic carbocycles. The number of benzene rings is 1. The normalized spacial score (nSPS) is 10.6. The van der Waals surface area contributed by atoms with E-state index in [9.17, 15) is 0 Å². The lowest BCUT2D eigenvalue weighted by Gasteiger charge is -2.12.